The second-order valence-electron chi connectivity index (χ2n) is 3.48. The van der Waals surface area contributed by atoms with Gasteiger partial charge in [0.2, 0.25) is 0 Å². The number of alkyl halides is 2. The molecular formula is C7H5F2N3O4. The van der Waals surface area contributed by atoms with E-state index in [0.29, 0.717) is 0 Å². The minimum absolute atomic E-state index is 0.588. The minimum atomic E-state index is -3.48. The highest BCUT2D eigenvalue weighted by Gasteiger charge is 2.79. The third-order valence-electron chi connectivity index (χ3n) is 2.61. The molecule has 1 atom stereocenters. The maximum atomic E-state index is 13.1. The zero-order valence-electron chi connectivity index (χ0n) is 7.61. The number of rotatable bonds is 3. The molecule has 86 valence electrons. The lowest BCUT2D eigenvalue weighted by molar-refractivity contribution is -0.390. The zero-order valence-corrected chi connectivity index (χ0v) is 7.61. The fourth-order valence-corrected chi connectivity index (χ4v) is 1.66. The quantitative estimate of drug-likeness (QED) is 0.589. The third kappa shape index (κ3) is 1.05. The molecule has 1 aliphatic rings. The van der Waals surface area contributed by atoms with E-state index in [-0.39, 0.29) is 0 Å². The van der Waals surface area contributed by atoms with Gasteiger partial charge >= 0.3 is 11.8 Å². The van der Waals surface area contributed by atoms with E-state index in [2.05, 4.69) is 5.10 Å². The van der Waals surface area contributed by atoms with Crippen LogP contribution in [0.3, 0.4) is 0 Å². The molecule has 0 radical (unpaired) electrons. The number of nitrogens with one attached hydrogen (secondary N) is 1. The Labute approximate surface area is 86.2 Å². The first-order valence-corrected chi connectivity index (χ1v) is 4.12. The van der Waals surface area contributed by atoms with Gasteiger partial charge in [-0.2, -0.15) is 0 Å². The van der Waals surface area contributed by atoms with Crippen LogP contribution in [0.4, 0.5) is 14.6 Å². The van der Waals surface area contributed by atoms with Crippen LogP contribution < -0.4 is 0 Å². The van der Waals surface area contributed by atoms with Gasteiger partial charge in [0.1, 0.15) is 0 Å². The van der Waals surface area contributed by atoms with Crippen molar-refractivity contribution in [2.75, 3.05) is 0 Å². The molecule has 1 heterocycles. The van der Waals surface area contributed by atoms with Gasteiger partial charge in [0.15, 0.2) is 5.41 Å². The number of aromatic amines is 1. The molecule has 9 heteroatoms. The first-order valence-electron chi connectivity index (χ1n) is 4.12. The molecule has 1 aromatic heterocycles. The molecular weight excluding hydrogens is 228 g/mol. The molecule has 0 saturated heterocycles. The SMILES string of the molecule is O=C(O)C1(c2cn[nH]c2[N+](=O)[O-])CC1(F)F. The maximum absolute atomic E-state index is 13.1. The summed E-state index contributed by atoms with van der Waals surface area (Å²) in [5.74, 6) is -6.07. The first-order chi connectivity index (χ1) is 7.33. The average Bonchev–Trinajstić information content (AvgIpc) is 2.61. The molecule has 0 spiro atoms. The van der Waals surface area contributed by atoms with Crippen LogP contribution in [0.5, 0.6) is 0 Å². The molecule has 0 aromatic carbocycles. The monoisotopic (exact) mass is 233 g/mol. The van der Waals surface area contributed by atoms with Crippen LogP contribution in [0.25, 0.3) is 0 Å². The van der Waals surface area contributed by atoms with Crippen molar-refractivity contribution in [1.82, 2.24) is 10.2 Å². The Bertz CT molecular complexity index is 486. The van der Waals surface area contributed by atoms with Crippen LogP contribution in [0, 0.1) is 10.1 Å². The van der Waals surface area contributed by atoms with Crippen molar-refractivity contribution < 1.29 is 23.6 Å². The highest BCUT2D eigenvalue weighted by atomic mass is 19.3. The second kappa shape index (κ2) is 2.74. The number of carbonyl (C=O) groups is 1. The summed E-state index contributed by atoms with van der Waals surface area (Å²) in [6.45, 7) is 0. The Balaban J connectivity index is 2.56. The van der Waals surface area contributed by atoms with E-state index in [9.17, 15) is 23.7 Å². The largest absolute Gasteiger partial charge is 0.480 e. The lowest BCUT2D eigenvalue weighted by Gasteiger charge is -2.07. The summed E-state index contributed by atoms with van der Waals surface area (Å²) in [7, 11) is 0. The third-order valence-corrected chi connectivity index (χ3v) is 2.61. The number of hydrogen-bond acceptors (Lipinski definition) is 4. The fourth-order valence-electron chi connectivity index (χ4n) is 1.66. The summed E-state index contributed by atoms with van der Waals surface area (Å²) < 4.78 is 26.1. The number of halogens is 2. The topological polar surface area (TPSA) is 109 Å². The number of nitrogens with zero attached hydrogens (tertiary/aromatic N) is 2. The van der Waals surface area contributed by atoms with Gasteiger partial charge in [-0.05, 0) is 4.92 Å². The Morgan fingerprint density at radius 1 is 1.69 bits per heavy atom. The summed E-state index contributed by atoms with van der Waals surface area (Å²) in [6, 6.07) is 0. The standard InChI is InChI=1S/C7H5F2N3O4/c8-7(9)2-6(7,5(13)14)3-1-10-11-4(3)12(15)16/h1H,2H2,(H,10,11)(H,13,14). The molecule has 2 rings (SSSR count). The maximum Gasteiger partial charge on any atom is 0.347 e. The van der Waals surface area contributed by atoms with Crippen LogP contribution in [0.15, 0.2) is 6.20 Å². The van der Waals surface area contributed by atoms with Crippen molar-refractivity contribution in [1.29, 1.82) is 0 Å². The van der Waals surface area contributed by atoms with Crippen molar-refractivity contribution in [3.63, 3.8) is 0 Å². The molecule has 1 unspecified atom stereocenters. The van der Waals surface area contributed by atoms with Gasteiger partial charge in [0.25, 0.3) is 5.92 Å². The molecule has 1 fully saturated rings. The lowest BCUT2D eigenvalue weighted by atomic mass is 9.98. The summed E-state index contributed by atoms with van der Waals surface area (Å²) in [5.41, 5.74) is -3.10. The first kappa shape index (κ1) is 10.5. The molecule has 0 amide bonds. The van der Waals surface area contributed by atoms with Crippen LogP contribution in [0.2, 0.25) is 0 Å². The van der Waals surface area contributed by atoms with E-state index in [0.717, 1.165) is 6.20 Å². The van der Waals surface area contributed by atoms with Crippen LogP contribution >= 0.6 is 0 Å². The summed E-state index contributed by atoms with van der Waals surface area (Å²) in [5, 5.41) is 24.4. The van der Waals surface area contributed by atoms with E-state index < -0.39 is 40.0 Å². The predicted octanol–water partition coefficient (Wildman–Crippen LogP) is 0.679. The number of H-pyrrole nitrogens is 1. The lowest BCUT2D eigenvalue weighted by Crippen LogP contribution is -2.27. The van der Waals surface area contributed by atoms with Gasteiger partial charge in [-0.15, -0.1) is 5.10 Å². The fraction of sp³-hybridized carbons (Fsp3) is 0.429. The molecule has 0 bridgehead atoms. The van der Waals surface area contributed by atoms with Crippen molar-refractivity contribution >= 4 is 11.8 Å². The molecule has 1 aromatic rings. The molecule has 1 aliphatic carbocycles. The Morgan fingerprint density at radius 2 is 2.25 bits per heavy atom. The number of aromatic nitrogens is 2. The molecule has 16 heavy (non-hydrogen) atoms. The smallest absolute Gasteiger partial charge is 0.347 e. The summed E-state index contributed by atoms with van der Waals surface area (Å²) in [6.07, 6.45) is -0.192. The Morgan fingerprint density at radius 3 is 2.62 bits per heavy atom. The molecule has 1 saturated carbocycles. The zero-order chi connectivity index (χ0) is 12.1. The average molecular weight is 233 g/mol. The van der Waals surface area contributed by atoms with Crippen LogP contribution in [-0.4, -0.2) is 32.1 Å². The number of carboxylic acid groups (broad SMARTS) is 1. The van der Waals surface area contributed by atoms with E-state index in [1.807, 2.05) is 5.10 Å². The van der Waals surface area contributed by atoms with Gasteiger partial charge in [-0.1, -0.05) is 5.10 Å². The van der Waals surface area contributed by atoms with Gasteiger partial charge in [0.05, 0.1) is 11.8 Å². The van der Waals surface area contributed by atoms with Crippen molar-refractivity contribution in [3.05, 3.63) is 21.9 Å². The van der Waals surface area contributed by atoms with Gasteiger partial charge < -0.3 is 15.2 Å². The minimum Gasteiger partial charge on any atom is -0.480 e. The Hall–Kier alpha value is -2.06. The van der Waals surface area contributed by atoms with Crippen molar-refractivity contribution in [3.8, 4) is 0 Å². The van der Waals surface area contributed by atoms with Crippen molar-refractivity contribution in [2.45, 2.75) is 17.8 Å². The number of aliphatic carboxylic acids is 1. The molecule has 2 N–H and O–H groups in total. The van der Waals surface area contributed by atoms with Gasteiger partial charge in [0, 0.05) is 6.42 Å². The predicted molar refractivity (Wildman–Crippen MR) is 44.1 cm³/mol. The Kier molecular flexibility index (Phi) is 1.79. The summed E-state index contributed by atoms with van der Waals surface area (Å²) in [4.78, 5) is 20.3. The molecule has 7 nitrogen and oxygen atoms in total. The highest BCUT2D eigenvalue weighted by molar-refractivity contribution is 5.88. The van der Waals surface area contributed by atoms with Crippen LogP contribution in [0.1, 0.15) is 12.0 Å². The second-order valence-corrected chi connectivity index (χ2v) is 3.48. The van der Waals surface area contributed by atoms with E-state index in [4.69, 9.17) is 5.11 Å². The number of carboxylic acids is 1. The normalized spacial score (nSPS) is 26.4. The van der Waals surface area contributed by atoms with E-state index in [1.165, 1.54) is 0 Å². The summed E-state index contributed by atoms with van der Waals surface area (Å²) >= 11 is 0. The van der Waals surface area contributed by atoms with E-state index in [1.54, 1.807) is 0 Å². The van der Waals surface area contributed by atoms with Crippen molar-refractivity contribution in [2.24, 2.45) is 0 Å². The molecule has 0 aliphatic heterocycles. The number of hydrogen-bond donors (Lipinski definition) is 2. The van der Waals surface area contributed by atoms with E-state index >= 15 is 0 Å². The number of nitro groups is 1. The van der Waals surface area contributed by atoms with Crippen LogP contribution in [-0.2, 0) is 10.2 Å². The van der Waals surface area contributed by atoms with Gasteiger partial charge in [-0.25, -0.2) is 8.78 Å². The van der Waals surface area contributed by atoms with Gasteiger partial charge in [-0.3, -0.25) is 4.79 Å². The highest BCUT2D eigenvalue weighted by Crippen LogP contribution is 2.63.